The SMILES string of the molecule is C=C(CC)CC(C)COC/C=C(/C)CF. The molecule has 0 amide bonds. The Balaban J connectivity index is 3.55. The van der Waals surface area contributed by atoms with Crippen LogP contribution in [0.15, 0.2) is 23.8 Å². The van der Waals surface area contributed by atoms with Crippen LogP contribution in [0.4, 0.5) is 4.39 Å². The second-order valence-corrected chi connectivity index (χ2v) is 4.13. The van der Waals surface area contributed by atoms with E-state index in [9.17, 15) is 4.39 Å². The number of ether oxygens (including phenoxy) is 1. The van der Waals surface area contributed by atoms with Gasteiger partial charge in [-0.2, -0.15) is 0 Å². The molecule has 1 atom stereocenters. The van der Waals surface area contributed by atoms with E-state index in [1.165, 1.54) is 5.57 Å². The summed E-state index contributed by atoms with van der Waals surface area (Å²) >= 11 is 0. The van der Waals surface area contributed by atoms with Crippen LogP contribution >= 0.6 is 0 Å². The third-order valence-electron chi connectivity index (χ3n) is 2.30. The second kappa shape index (κ2) is 8.66. The van der Waals surface area contributed by atoms with Crippen LogP contribution in [-0.4, -0.2) is 19.9 Å². The van der Waals surface area contributed by atoms with Gasteiger partial charge in [0.15, 0.2) is 0 Å². The lowest BCUT2D eigenvalue weighted by atomic mass is 10.0. The van der Waals surface area contributed by atoms with Gasteiger partial charge in [-0.1, -0.05) is 32.1 Å². The molecule has 0 aromatic carbocycles. The third kappa shape index (κ3) is 8.37. The molecule has 0 saturated heterocycles. The van der Waals surface area contributed by atoms with Gasteiger partial charge >= 0.3 is 0 Å². The Morgan fingerprint density at radius 1 is 1.53 bits per heavy atom. The maximum absolute atomic E-state index is 12.1. The Bertz CT molecular complexity index is 209. The van der Waals surface area contributed by atoms with Crippen molar-refractivity contribution < 1.29 is 9.13 Å². The van der Waals surface area contributed by atoms with Crippen LogP contribution in [-0.2, 0) is 4.74 Å². The zero-order valence-electron chi connectivity index (χ0n) is 10.2. The fourth-order valence-electron chi connectivity index (χ4n) is 1.22. The van der Waals surface area contributed by atoms with Crippen LogP contribution < -0.4 is 0 Å². The molecule has 0 heterocycles. The Kier molecular flexibility index (Phi) is 8.30. The Labute approximate surface area is 93.0 Å². The van der Waals surface area contributed by atoms with Crippen molar-refractivity contribution in [2.45, 2.75) is 33.6 Å². The van der Waals surface area contributed by atoms with Crippen molar-refractivity contribution in [3.63, 3.8) is 0 Å². The third-order valence-corrected chi connectivity index (χ3v) is 2.30. The lowest BCUT2D eigenvalue weighted by Crippen LogP contribution is -2.07. The topological polar surface area (TPSA) is 9.23 Å². The number of halogens is 1. The zero-order chi connectivity index (χ0) is 11.7. The van der Waals surface area contributed by atoms with Gasteiger partial charge in [0.25, 0.3) is 0 Å². The highest BCUT2D eigenvalue weighted by Gasteiger charge is 2.03. The van der Waals surface area contributed by atoms with Gasteiger partial charge < -0.3 is 4.74 Å². The van der Waals surface area contributed by atoms with E-state index in [0.29, 0.717) is 12.5 Å². The van der Waals surface area contributed by atoms with Gasteiger partial charge in [-0.3, -0.25) is 0 Å². The predicted octanol–water partition coefficient (Wildman–Crippen LogP) is 3.91. The van der Waals surface area contributed by atoms with Gasteiger partial charge in [-0.15, -0.1) is 0 Å². The van der Waals surface area contributed by atoms with Gasteiger partial charge in [0, 0.05) is 6.61 Å². The first-order valence-electron chi connectivity index (χ1n) is 5.56. The van der Waals surface area contributed by atoms with E-state index in [0.717, 1.165) is 25.0 Å². The van der Waals surface area contributed by atoms with Crippen LogP contribution in [0.1, 0.15) is 33.6 Å². The number of hydrogen-bond donors (Lipinski definition) is 0. The lowest BCUT2D eigenvalue weighted by Gasteiger charge is -2.12. The molecule has 0 aliphatic rings. The summed E-state index contributed by atoms with van der Waals surface area (Å²) in [5.41, 5.74) is 2.00. The molecule has 1 nitrogen and oxygen atoms in total. The molecule has 0 saturated carbocycles. The molecule has 1 unspecified atom stereocenters. The van der Waals surface area contributed by atoms with Crippen molar-refractivity contribution >= 4 is 0 Å². The molecule has 88 valence electrons. The van der Waals surface area contributed by atoms with Gasteiger partial charge in [-0.25, -0.2) is 4.39 Å². The van der Waals surface area contributed by atoms with Crippen molar-refractivity contribution in [2.75, 3.05) is 19.9 Å². The van der Waals surface area contributed by atoms with Crippen LogP contribution in [0.2, 0.25) is 0 Å². The number of hydrogen-bond acceptors (Lipinski definition) is 1. The Morgan fingerprint density at radius 3 is 2.73 bits per heavy atom. The molecule has 0 fully saturated rings. The normalized spacial score (nSPS) is 14.0. The summed E-state index contributed by atoms with van der Waals surface area (Å²) in [7, 11) is 0. The maximum Gasteiger partial charge on any atom is 0.110 e. The highest BCUT2D eigenvalue weighted by molar-refractivity contribution is 4.97. The number of alkyl halides is 1. The first-order valence-corrected chi connectivity index (χ1v) is 5.56. The molecule has 0 aliphatic carbocycles. The van der Waals surface area contributed by atoms with Crippen LogP contribution in [0.3, 0.4) is 0 Å². The molecular formula is C13H23FO. The standard InChI is InChI=1S/C13H23FO/c1-5-11(2)8-13(4)10-15-7-6-12(3)9-14/h6,13H,2,5,7-10H2,1,3-4H3/b12-6-. The summed E-state index contributed by atoms with van der Waals surface area (Å²) in [6.45, 7) is 10.8. The first kappa shape index (κ1) is 14.4. The summed E-state index contributed by atoms with van der Waals surface area (Å²) in [6, 6.07) is 0. The molecular weight excluding hydrogens is 191 g/mol. The largest absolute Gasteiger partial charge is 0.377 e. The van der Waals surface area contributed by atoms with E-state index >= 15 is 0 Å². The van der Waals surface area contributed by atoms with E-state index < -0.39 is 0 Å². The smallest absolute Gasteiger partial charge is 0.110 e. The summed E-state index contributed by atoms with van der Waals surface area (Å²) in [5.74, 6) is 0.497. The summed E-state index contributed by atoms with van der Waals surface area (Å²) in [5, 5.41) is 0. The minimum absolute atomic E-state index is 0.383. The van der Waals surface area contributed by atoms with Crippen molar-refractivity contribution in [1.82, 2.24) is 0 Å². The monoisotopic (exact) mass is 214 g/mol. The number of allylic oxidation sites excluding steroid dienone is 2. The van der Waals surface area contributed by atoms with E-state index in [1.54, 1.807) is 13.0 Å². The summed E-state index contributed by atoms with van der Waals surface area (Å²) < 4.78 is 17.5. The molecule has 0 aliphatic heterocycles. The summed E-state index contributed by atoms with van der Waals surface area (Å²) in [4.78, 5) is 0. The molecule has 0 bridgehead atoms. The van der Waals surface area contributed by atoms with Crippen molar-refractivity contribution in [3.05, 3.63) is 23.8 Å². The molecule has 0 aromatic heterocycles. The van der Waals surface area contributed by atoms with Gasteiger partial charge in [0.1, 0.15) is 6.67 Å². The Morgan fingerprint density at radius 2 is 2.20 bits per heavy atom. The molecule has 0 rings (SSSR count). The van der Waals surface area contributed by atoms with E-state index in [1.807, 2.05) is 0 Å². The average Bonchev–Trinajstić information content (AvgIpc) is 2.23. The van der Waals surface area contributed by atoms with Crippen molar-refractivity contribution in [2.24, 2.45) is 5.92 Å². The number of rotatable bonds is 8. The quantitative estimate of drug-likeness (QED) is 0.439. The van der Waals surface area contributed by atoms with E-state index in [2.05, 4.69) is 20.4 Å². The minimum atomic E-state index is -0.383. The molecule has 15 heavy (non-hydrogen) atoms. The van der Waals surface area contributed by atoms with E-state index in [4.69, 9.17) is 4.74 Å². The molecule has 0 aromatic rings. The van der Waals surface area contributed by atoms with Crippen LogP contribution in [0.25, 0.3) is 0 Å². The van der Waals surface area contributed by atoms with Crippen molar-refractivity contribution in [1.29, 1.82) is 0 Å². The molecule has 2 heteroatoms. The molecule has 0 spiro atoms. The predicted molar refractivity (Wildman–Crippen MR) is 63.8 cm³/mol. The summed E-state index contributed by atoms with van der Waals surface area (Å²) in [6.07, 6.45) is 3.84. The second-order valence-electron chi connectivity index (χ2n) is 4.13. The van der Waals surface area contributed by atoms with E-state index in [-0.39, 0.29) is 6.67 Å². The first-order chi connectivity index (χ1) is 7.10. The van der Waals surface area contributed by atoms with Gasteiger partial charge in [-0.05, 0) is 31.3 Å². The highest BCUT2D eigenvalue weighted by Crippen LogP contribution is 2.12. The fraction of sp³-hybridized carbons (Fsp3) is 0.692. The van der Waals surface area contributed by atoms with Crippen LogP contribution in [0.5, 0.6) is 0 Å². The molecule has 0 radical (unpaired) electrons. The minimum Gasteiger partial charge on any atom is -0.377 e. The van der Waals surface area contributed by atoms with Gasteiger partial charge in [0.05, 0.1) is 6.61 Å². The van der Waals surface area contributed by atoms with Crippen molar-refractivity contribution in [3.8, 4) is 0 Å². The Hall–Kier alpha value is -0.630. The lowest BCUT2D eigenvalue weighted by molar-refractivity contribution is 0.128. The zero-order valence-corrected chi connectivity index (χ0v) is 10.2. The maximum atomic E-state index is 12.1. The van der Waals surface area contributed by atoms with Crippen LogP contribution in [0, 0.1) is 5.92 Å². The van der Waals surface area contributed by atoms with Gasteiger partial charge in [0.2, 0.25) is 0 Å². The highest BCUT2D eigenvalue weighted by atomic mass is 19.1. The molecule has 0 N–H and O–H groups in total. The average molecular weight is 214 g/mol. The fourth-order valence-corrected chi connectivity index (χ4v) is 1.22.